The molecule has 3 aromatic rings. The van der Waals surface area contributed by atoms with Crippen LogP contribution in [0.15, 0.2) is 96.2 Å². The van der Waals surface area contributed by atoms with Crippen molar-refractivity contribution in [2.75, 3.05) is 5.32 Å². The van der Waals surface area contributed by atoms with E-state index >= 15 is 0 Å². The average Bonchev–Trinajstić information content (AvgIpc) is 3.29. The summed E-state index contributed by atoms with van der Waals surface area (Å²) < 4.78 is 47.7. The number of benzene rings is 3. The molecular formula is C28H25F3N4O3. The molecular weight excluding hydrogens is 497 g/mol. The number of halogens is 3. The molecule has 1 fully saturated rings. The Morgan fingerprint density at radius 1 is 1.00 bits per heavy atom. The molecule has 3 aromatic carbocycles. The van der Waals surface area contributed by atoms with Gasteiger partial charge in [0.15, 0.2) is 0 Å². The molecule has 196 valence electrons. The van der Waals surface area contributed by atoms with Crippen molar-refractivity contribution in [3.8, 4) is 5.75 Å². The van der Waals surface area contributed by atoms with Gasteiger partial charge in [0.1, 0.15) is 30.1 Å². The number of alkyl halides is 3. The van der Waals surface area contributed by atoms with Gasteiger partial charge in [-0.1, -0.05) is 66.7 Å². The quantitative estimate of drug-likeness (QED) is 0.417. The van der Waals surface area contributed by atoms with Crippen molar-refractivity contribution >= 4 is 17.5 Å². The second-order valence-electron chi connectivity index (χ2n) is 9.11. The molecule has 0 aliphatic carbocycles. The van der Waals surface area contributed by atoms with E-state index in [2.05, 4.69) is 16.1 Å². The van der Waals surface area contributed by atoms with E-state index in [0.717, 1.165) is 10.6 Å². The Labute approximate surface area is 217 Å². The normalized spacial score (nSPS) is 21.1. The van der Waals surface area contributed by atoms with Gasteiger partial charge in [0.25, 0.3) is 11.8 Å². The smallest absolute Gasteiger partial charge is 0.406 e. The van der Waals surface area contributed by atoms with Crippen molar-refractivity contribution in [2.45, 2.75) is 37.8 Å². The molecule has 0 spiro atoms. The molecule has 0 saturated carbocycles. The number of hydrazine groups is 1. The van der Waals surface area contributed by atoms with Crippen LogP contribution in [0.1, 0.15) is 24.0 Å². The Hall–Kier alpha value is -4.31. The van der Waals surface area contributed by atoms with Crippen molar-refractivity contribution in [2.24, 2.45) is 0 Å². The first-order valence-corrected chi connectivity index (χ1v) is 12.0. The van der Waals surface area contributed by atoms with Crippen LogP contribution in [0.2, 0.25) is 0 Å². The number of nitrogens with one attached hydrogen (secondary N) is 3. The maximum Gasteiger partial charge on any atom is 0.406 e. The standard InChI is InChI=1S/C28H25F3N4O3/c1-17-22(26(36)33-20-13-8-14-21(15-20)38-16-18-9-4-2-5-10-18)27(37)35-25(32-17)23(19-11-6-3-7-12-19)24(34-35)28(29,30)31/h2-15,23-25,32,34H,16H2,1H3,(H,33,36). The molecule has 3 unspecified atom stereocenters. The lowest BCUT2D eigenvalue weighted by Gasteiger charge is -2.34. The molecule has 3 N–H and O–H groups in total. The van der Waals surface area contributed by atoms with Crippen LogP contribution in [0, 0.1) is 0 Å². The predicted molar refractivity (Wildman–Crippen MR) is 134 cm³/mol. The van der Waals surface area contributed by atoms with Gasteiger partial charge in [-0.15, -0.1) is 0 Å². The van der Waals surface area contributed by atoms with Crippen LogP contribution >= 0.6 is 0 Å². The van der Waals surface area contributed by atoms with Crippen LogP contribution < -0.4 is 20.8 Å². The largest absolute Gasteiger partial charge is 0.489 e. The first-order valence-electron chi connectivity index (χ1n) is 12.0. The van der Waals surface area contributed by atoms with E-state index in [4.69, 9.17) is 4.74 Å². The SMILES string of the molecule is CC1=C(C(=O)Nc2cccc(OCc3ccccc3)c2)C(=O)N2NC(C(F)(F)F)C(c3ccccc3)C2N1. The third-order valence-corrected chi connectivity index (χ3v) is 6.53. The molecule has 3 atom stereocenters. The Bertz CT molecular complexity index is 1360. The molecule has 0 aromatic heterocycles. The monoisotopic (exact) mass is 522 g/mol. The van der Waals surface area contributed by atoms with E-state index in [1.807, 2.05) is 30.3 Å². The second kappa shape index (κ2) is 10.2. The number of rotatable bonds is 6. The Balaban J connectivity index is 1.34. The molecule has 38 heavy (non-hydrogen) atoms. The lowest BCUT2D eigenvalue weighted by Crippen LogP contribution is -2.56. The van der Waals surface area contributed by atoms with Gasteiger partial charge in [-0.3, -0.25) is 9.59 Å². The highest BCUT2D eigenvalue weighted by Gasteiger charge is 2.58. The number of hydrogen-bond acceptors (Lipinski definition) is 5. The zero-order chi connectivity index (χ0) is 26.9. The first kappa shape index (κ1) is 25.3. The zero-order valence-corrected chi connectivity index (χ0v) is 20.3. The van der Waals surface area contributed by atoms with E-state index in [1.165, 1.54) is 6.92 Å². The molecule has 2 heterocycles. The van der Waals surface area contributed by atoms with E-state index in [9.17, 15) is 22.8 Å². The van der Waals surface area contributed by atoms with Gasteiger partial charge in [-0.25, -0.2) is 10.4 Å². The third kappa shape index (κ3) is 5.08. The van der Waals surface area contributed by atoms with Crippen molar-refractivity contribution in [3.63, 3.8) is 0 Å². The van der Waals surface area contributed by atoms with Crippen molar-refractivity contribution in [1.82, 2.24) is 15.8 Å². The summed E-state index contributed by atoms with van der Waals surface area (Å²) in [6, 6.07) is 22.4. The summed E-state index contributed by atoms with van der Waals surface area (Å²) in [6.07, 6.45) is -5.65. The van der Waals surface area contributed by atoms with Crippen LogP contribution in [-0.2, 0) is 16.2 Å². The maximum atomic E-state index is 14.0. The topological polar surface area (TPSA) is 82.7 Å². The van der Waals surface area contributed by atoms with E-state index in [-0.39, 0.29) is 11.3 Å². The number of carbonyl (C=O) groups excluding carboxylic acids is 2. The Morgan fingerprint density at radius 2 is 1.68 bits per heavy atom. The number of allylic oxidation sites excluding steroid dienone is 1. The fraction of sp³-hybridized carbons (Fsp3) is 0.214. The highest BCUT2D eigenvalue weighted by atomic mass is 19.4. The fourth-order valence-electron chi connectivity index (χ4n) is 4.76. The number of carbonyl (C=O) groups is 2. The highest BCUT2D eigenvalue weighted by molar-refractivity contribution is 6.23. The minimum atomic E-state index is -4.63. The summed E-state index contributed by atoms with van der Waals surface area (Å²) in [5, 5.41) is 6.50. The number of anilines is 1. The summed E-state index contributed by atoms with van der Waals surface area (Å²) in [6.45, 7) is 1.84. The number of amides is 2. The van der Waals surface area contributed by atoms with Crippen LogP contribution in [0.5, 0.6) is 5.75 Å². The Kier molecular flexibility index (Phi) is 6.81. The van der Waals surface area contributed by atoms with Gasteiger partial charge in [0, 0.05) is 17.5 Å². The van der Waals surface area contributed by atoms with Crippen molar-refractivity contribution in [1.29, 1.82) is 0 Å². The van der Waals surface area contributed by atoms with Crippen LogP contribution in [0.25, 0.3) is 0 Å². The minimum Gasteiger partial charge on any atom is -0.489 e. The zero-order valence-electron chi connectivity index (χ0n) is 20.3. The summed E-state index contributed by atoms with van der Waals surface area (Å²) in [5.74, 6) is -2.19. The molecule has 10 heteroatoms. The van der Waals surface area contributed by atoms with Crippen LogP contribution in [-0.4, -0.2) is 35.2 Å². The second-order valence-corrected chi connectivity index (χ2v) is 9.11. The summed E-state index contributed by atoms with van der Waals surface area (Å²) in [5.41, 5.74) is 3.98. The van der Waals surface area contributed by atoms with E-state index < -0.39 is 36.1 Å². The molecule has 2 aliphatic rings. The summed E-state index contributed by atoms with van der Waals surface area (Å²) >= 11 is 0. The van der Waals surface area contributed by atoms with Gasteiger partial charge in [0.2, 0.25) is 0 Å². The first-order chi connectivity index (χ1) is 18.2. The molecule has 1 saturated heterocycles. The number of nitrogens with zero attached hydrogens (tertiary/aromatic N) is 1. The number of ether oxygens (including phenoxy) is 1. The lowest BCUT2D eigenvalue weighted by atomic mass is 9.89. The van der Waals surface area contributed by atoms with Crippen molar-refractivity contribution in [3.05, 3.63) is 107 Å². The molecule has 7 nitrogen and oxygen atoms in total. The van der Waals surface area contributed by atoms with E-state index in [0.29, 0.717) is 23.6 Å². The molecule has 5 rings (SSSR count). The van der Waals surface area contributed by atoms with Crippen LogP contribution in [0.4, 0.5) is 18.9 Å². The van der Waals surface area contributed by atoms with Gasteiger partial charge >= 0.3 is 6.18 Å². The summed E-state index contributed by atoms with van der Waals surface area (Å²) in [7, 11) is 0. The third-order valence-electron chi connectivity index (χ3n) is 6.53. The van der Waals surface area contributed by atoms with Crippen LogP contribution in [0.3, 0.4) is 0 Å². The number of hydrogen-bond donors (Lipinski definition) is 3. The van der Waals surface area contributed by atoms with Gasteiger partial charge in [-0.05, 0) is 30.2 Å². The summed E-state index contributed by atoms with van der Waals surface area (Å²) in [4.78, 5) is 26.5. The molecule has 0 bridgehead atoms. The highest BCUT2D eigenvalue weighted by Crippen LogP contribution is 2.41. The minimum absolute atomic E-state index is 0.191. The average molecular weight is 523 g/mol. The molecule has 2 amide bonds. The van der Waals surface area contributed by atoms with E-state index in [1.54, 1.807) is 54.6 Å². The van der Waals surface area contributed by atoms with Gasteiger partial charge < -0.3 is 15.4 Å². The predicted octanol–water partition coefficient (Wildman–Crippen LogP) is 4.47. The lowest BCUT2D eigenvalue weighted by molar-refractivity contribution is -0.161. The van der Waals surface area contributed by atoms with Gasteiger partial charge in [0.05, 0.1) is 5.92 Å². The Morgan fingerprint density at radius 3 is 2.37 bits per heavy atom. The molecule has 0 radical (unpaired) electrons. The van der Waals surface area contributed by atoms with Gasteiger partial charge in [-0.2, -0.15) is 13.2 Å². The maximum absolute atomic E-state index is 14.0. The fourth-order valence-corrected chi connectivity index (χ4v) is 4.76. The van der Waals surface area contributed by atoms with Crippen molar-refractivity contribution < 1.29 is 27.5 Å². The molecule has 2 aliphatic heterocycles. The number of fused-ring (bicyclic) bond motifs is 1.